The van der Waals surface area contributed by atoms with Crippen LogP contribution in [0.1, 0.15) is 49.4 Å². The summed E-state index contributed by atoms with van der Waals surface area (Å²) in [7, 11) is 0. The Kier molecular flexibility index (Phi) is 3.96. The first-order valence-corrected chi connectivity index (χ1v) is 9.77. The summed E-state index contributed by atoms with van der Waals surface area (Å²) in [6, 6.07) is 9.96. The standard InChI is InChI=1S/C19H18BrN5O/c20-14-5-2-1-4-13(14)18-23-19(26-24-18)15-6-3-11-25(15)16-9-10-21-17(22-16)12-7-8-12/h1-2,4-5,9-10,12,15H,3,6-8,11H2. The summed E-state index contributed by atoms with van der Waals surface area (Å²) in [6.07, 6.45) is 6.34. The highest BCUT2D eigenvalue weighted by Gasteiger charge is 2.33. The van der Waals surface area contributed by atoms with E-state index >= 15 is 0 Å². The van der Waals surface area contributed by atoms with Gasteiger partial charge in [-0.3, -0.25) is 0 Å². The Hall–Kier alpha value is -2.28. The molecule has 6 nitrogen and oxygen atoms in total. The highest BCUT2D eigenvalue weighted by molar-refractivity contribution is 9.10. The molecule has 132 valence electrons. The molecule has 2 aromatic heterocycles. The number of hydrogen-bond acceptors (Lipinski definition) is 6. The Morgan fingerprint density at radius 3 is 2.81 bits per heavy atom. The van der Waals surface area contributed by atoms with Crippen molar-refractivity contribution in [1.29, 1.82) is 0 Å². The van der Waals surface area contributed by atoms with Gasteiger partial charge in [-0.2, -0.15) is 4.98 Å². The van der Waals surface area contributed by atoms with E-state index < -0.39 is 0 Å². The van der Waals surface area contributed by atoms with Crippen molar-refractivity contribution in [2.45, 2.75) is 37.6 Å². The minimum atomic E-state index is 0.0701. The van der Waals surface area contributed by atoms with Gasteiger partial charge >= 0.3 is 0 Å². The number of benzene rings is 1. The highest BCUT2D eigenvalue weighted by atomic mass is 79.9. The maximum atomic E-state index is 5.63. The van der Waals surface area contributed by atoms with E-state index in [4.69, 9.17) is 9.51 Å². The summed E-state index contributed by atoms with van der Waals surface area (Å²) < 4.78 is 6.59. The molecular weight excluding hydrogens is 394 g/mol. The predicted molar refractivity (Wildman–Crippen MR) is 101 cm³/mol. The van der Waals surface area contributed by atoms with Crippen molar-refractivity contribution < 1.29 is 4.52 Å². The summed E-state index contributed by atoms with van der Waals surface area (Å²) >= 11 is 3.55. The van der Waals surface area contributed by atoms with Gasteiger partial charge in [0.2, 0.25) is 11.7 Å². The lowest BCUT2D eigenvalue weighted by molar-refractivity contribution is 0.354. The largest absolute Gasteiger partial charge is 0.344 e. The number of hydrogen-bond donors (Lipinski definition) is 0. The number of halogens is 1. The van der Waals surface area contributed by atoms with Crippen molar-refractivity contribution in [3.8, 4) is 11.4 Å². The van der Waals surface area contributed by atoms with E-state index in [-0.39, 0.29) is 6.04 Å². The lowest BCUT2D eigenvalue weighted by Gasteiger charge is -2.23. The first-order chi connectivity index (χ1) is 12.8. The molecule has 0 bridgehead atoms. The average Bonchev–Trinajstić information content (AvgIpc) is 3.21. The monoisotopic (exact) mass is 411 g/mol. The molecule has 3 aromatic rings. The molecule has 2 fully saturated rings. The smallest absolute Gasteiger partial charge is 0.249 e. The van der Waals surface area contributed by atoms with Gasteiger partial charge in [-0.05, 0) is 43.9 Å². The van der Waals surface area contributed by atoms with E-state index in [1.54, 1.807) is 0 Å². The summed E-state index contributed by atoms with van der Waals surface area (Å²) in [4.78, 5) is 16.2. The third-order valence-electron chi connectivity index (χ3n) is 4.99. The Bertz CT molecular complexity index is 939. The van der Waals surface area contributed by atoms with Gasteiger partial charge in [0.25, 0.3) is 0 Å². The Morgan fingerprint density at radius 1 is 1.08 bits per heavy atom. The zero-order valence-corrected chi connectivity index (χ0v) is 15.8. The van der Waals surface area contributed by atoms with Crippen LogP contribution < -0.4 is 4.90 Å². The van der Waals surface area contributed by atoms with Crippen LogP contribution in [-0.4, -0.2) is 26.7 Å². The second-order valence-corrected chi connectivity index (χ2v) is 7.69. The Balaban J connectivity index is 1.44. The molecule has 3 heterocycles. The lowest BCUT2D eigenvalue weighted by atomic mass is 10.2. The number of anilines is 1. The number of rotatable bonds is 4. The second-order valence-electron chi connectivity index (χ2n) is 6.83. The molecule has 1 aromatic carbocycles. The molecule has 0 amide bonds. The summed E-state index contributed by atoms with van der Waals surface area (Å²) in [5, 5.41) is 4.20. The van der Waals surface area contributed by atoms with Crippen molar-refractivity contribution >= 4 is 21.7 Å². The average molecular weight is 412 g/mol. The topological polar surface area (TPSA) is 67.9 Å². The lowest BCUT2D eigenvalue weighted by Crippen LogP contribution is -2.24. The van der Waals surface area contributed by atoms with Gasteiger partial charge in [0.05, 0.1) is 0 Å². The first-order valence-electron chi connectivity index (χ1n) is 8.98. The van der Waals surface area contributed by atoms with Crippen LogP contribution in [0.3, 0.4) is 0 Å². The van der Waals surface area contributed by atoms with Crippen LogP contribution in [0.25, 0.3) is 11.4 Å². The van der Waals surface area contributed by atoms with Crippen molar-refractivity contribution in [1.82, 2.24) is 20.1 Å². The molecule has 1 aliphatic heterocycles. The third kappa shape index (κ3) is 2.90. The summed E-state index contributed by atoms with van der Waals surface area (Å²) in [6.45, 7) is 0.943. The zero-order valence-electron chi connectivity index (χ0n) is 14.2. The summed E-state index contributed by atoms with van der Waals surface area (Å²) in [5.41, 5.74) is 0.935. The molecule has 2 aliphatic rings. The minimum absolute atomic E-state index is 0.0701. The molecule has 0 N–H and O–H groups in total. The van der Waals surface area contributed by atoms with Gasteiger partial charge in [-0.15, -0.1) is 0 Å². The van der Waals surface area contributed by atoms with Crippen LogP contribution in [0.5, 0.6) is 0 Å². The fourth-order valence-corrected chi connectivity index (χ4v) is 3.94. The van der Waals surface area contributed by atoms with E-state index in [2.05, 4.69) is 36.0 Å². The van der Waals surface area contributed by atoms with E-state index in [9.17, 15) is 0 Å². The molecule has 1 atom stereocenters. The zero-order chi connectivity index (χ0) is 17.5. The fraction of sp³-hybridized carbons (Fsp3) is 0.368. The van der Waals surface area contributed by atoms with Crippen LogP contribution in [0.15, 0.2) is 45.5 Å². The molecule has 1 aliphatic carbocycles. The molecule has 0 radical (unpaired) electrons. The van der Waals surface area contributed by atoms with Crippen molar-refractivity contribution in [3.05, 3.63) is 52.7 Å². The maximum Gasteiger partial charge on any atom is 0.249 e. The van der Waals surface area contributed by atoms with Crippen LogP contribution in [0.2, 0.25) is 0 Å². The predicted octanol–water partition coefficient (Wildman–Crippen LogP) is 4.51. The minimum Gasteiger partial charge on any atom is -0.344 e. The van der Waals surface area contributed by atoms with Gasteiger partial charge < -0.3 is 9.42 Å². The second kappa shape index (κ2) is 6.46. The number of aromatic nitrogens is 4. The maximum absolute atomic E-state index is 5.63. The molecule has 1 saturated carbocycles. The molecule has 26 heavy (non-hydrogen) atoms. The van der Waals surface area contributed by atoms with Crippen molar-refractivity contribution in [3.63, 3.8) is 0 Å². The van der Waals surface area contributed by atoms with Gasteiger partial charge in [0, 0.05) is 28.7 Å². The molecule has 7 heteroatoms. The van der Waals surface area contributed by atoms with Gasteiger partial charge in [-0.1, -0.05) is 33.2 Å². The Morgan fingerprint density at radius 2 is 1.96 bits per heavy atom. The van der Waals surface area contributed by atoms with E-state index in [0.717, 1.165) is 41.1 Å². The molecule has 0 spiro atoms. The van der Waals surface area contributed by atoms with Crippen molar-refractivity contribution in [2.75, 3.05) is 11.4 Å². The van der Waals surface area contributed by atoms with E-state index in [1.165, 1.54) is 12.8 Å². The van der Waals surface area contributed by atoms with E-state index in [0.29, 0.717) is 17.6 Å². The Labute approximate surface area is 159 Å². The van der Waals surface area contributed by atoms with Crippen LogP contribution >= 0.6 is 15.9 Å². The third-order valence-corrected chi connectivity index (χ3v) is 5.68. The van der Waals surface area contributed by atoms with Crippen LogP contribution in [0, 0.1) is 0 Å². The van der Waals surface area contributed by atoms with Crippen LogP contribution in [-0.2, 0) is 0 Å². The molecule has 5 rings (SSSR count). The quantitative estimate of drug-likeness (QED) is 0.628. The van der Waals surface area contributed by atoms with E-state index in [1.807, 2.05) is 36.5 Å². The normalized spacial score (nSPS) is 19.9. The molecule has 1 saturated heterocycles. The first kappa shape index (κ1) is 15.9. The summed E-state index contributed by atoms with van der Waals surface area (Å²) in [5.74, 6) is 3.74. The van der Waals surface area contributed by atoms with Gasteiger partial charge in [-0.25, -0.2) is 9.97 Å². The fourth-order valence-electron chi connectivity index (χ4n) is 3.48. The molecule has 1 unspecified atom stereocenters. The van der Waals surface area contributed by atoms with Crippen LogP contribution in [0.4, 0.5) is 5.82 Å². The van der Waals surface area contributed by atoms with Gasteiger partial charge in [0.15, 0.2) is 0 Å². The number of nitrogens with zero attached hydrogens (tertiary/aromatic N) is 5. The molecular formula is C19H18BrN5O. The van der Waals surface area contributed by atoms with Crippen molar-refractivity contribution in [2.24, 2.45) is 0 Å². The SMILES string of the molecule is Brc1ccccc1-c1noc(C2CCCN2c2ccnc(C3CC3)n2)n1. The highest BCUT2D eigenvalue weighted by Crippen LogP contribution is 2.40. The van der Waals surface area contributed by atoms with Gasteiger partial charge in [0.1, 0.15) is 17.7 Å².